The minimum absolute atomic E-state index is 0.0959. The van der Waals surface area contributed by atoms with E-state index in [1.807, 2.05) is 6.20 Å². The zero-order valence-corrected chi connectivity index (χ0v) is 11.5. The minimum Gasteiger partial charge on any atom is -0.394 e. The summed E-state index contributed by atoms with van der Waals surface area (Å²) in [5.74, 6) is 0. The normalized spacial score (nSPS) is 11.3. The van der Waals surface area contributed by atoms with E-state index in [1.54, 1.807) is 4.68 Å². The highest BCUT2D eigenvalue weighted by atomic mass is 16.3. The zero-order chi connectivity index (χ0) is 13.2. The molecule has 1 aromatic heterocycles. The molecule has 1 heterocycles. The van der Waals surface area contributed by atoms with Gasteiger partial charge in [-0.15, -0.1) is 5.10 Å². The summed E-state index contributed by atoms with van der Waals surface area (Å²) in [5, 5.41) is 20.1. The maximum Gasteiger partial charge on any atom is 0.0964 e. The number of rotatable bonds is 10. The molecule has 0 spiro atoms. The number of aliphatic hydroxyl groups excluding tert-OH is 1. The van der Waals surface area contributed by atoms with Crippen molar-refractivity contribution >= 4 is 0 Å². The molecule has 6 heteroatoms. The van der Waals surface area contributed by atoms with Gasteiger partial charge in [-0.2, -0.15) is 0 Å². The molecule has 18 heavy (non-hydrogen) atoms. The molecule has 104 valence electrons. The van der Waals surface area contributed by atoms with Gasteiger partial charge < -0.3 is 15.3 Å². The van der Waals surface area contributed by atoms with Gasteiger partial charge in [-0.1, -0.05) is 19.1 Å². The maximum absolute atomic E-state index is 8.77. The van der Waals surface area contributed by atoms with Gasteiger partial charge >= 0.3 is 0 Å². The summed E-state index contributed by atoms with van der Waals surface area (Å²) in [6, 6.07) is 0. The van der Waals surface area contributed by atoms with E-state index in [9.17, 15) is 0 Å². The Kier molecular flexibility index (Phi) is 7.55. The van der Waals surface area contributed by atoms with Gasteiger partial charge in [0.2, 0.25) is 0 Å². The summed E-state index contributed by atoms with van der Waals surface area (Å²) in [6.45, 7) is 10.0. The molecule has 1 rings (SSSR count). The van der Waals surface area contributed by atoms with E-state index in [4.69, 9.17) is 5.11 Å². The second kappa shape index (κ2) is 9.02. The van der Waals surface area contributed by atoms with E-state index >= 15 is 0 Å². The number of hydrogen-bond acceptors (Lipinski definition) is 5. The van der Waals surface area contributed by atoms with E-state index in [1.165, 1.54) is 6.42 Å². The van der Waals surface area contributed by atoms with Gasteiger partial charge in [0.1, 0.15) is 0 Å². The lowest BCUT2D eigenvalue weighted by atomic mass is 10.4. The standard InChI is InChI=1S/C12H25N5O/c1-3-6-16(4-2)7-5-13-10-12-11-17(8-9-18)15-14-12/h11,13,18H,3-10H2,1-2H3. The quantitative estimate of drug-likeness (QED) is 0.580. The summed E-state index contributed by atoms with van der Waals surface area (Å²) in [6.07, 6.45) is 3.07. The molecule has 0 fully saturated rings. The summed E-state index contributed by atoms with van der Waals surface area (Å²) < 4.78 is 1.66. The van der Waals surface area contributed by atoms with Crippen LogP contribution in [0.4, 0.5) is 0 Å². The Morgan fingerprint density at radius 1 is 1.39 bits per heavy atom. The number of aromatic nitrogens is 3. The van der Waals surface area contributed by atoms with Gasteiger partial charge in [-0.3, -0.25) is 0 Å². The van der Waals surface area contributed by atoms with E-state index < -0.39 is 0 Å². The fourth-order valence-corrected chi connectivity index (χ4v) is 1.83. The highest BCUT2D eigenvalue weighted by molar-refractivity contribution is 4.91. The third kappa shape index (κ3) is 5.57. The van der Waals surface area contributed by atoms with Crippen LogP contribution in [0.5, 0.6) is 0 Å². The molecule has 0 amide bonds. The molecule has 0 atom stereocenters. The molecule has 0 aromatic carbocycles. The Labute approximate surface area is 109 Å². The van der Waals surface area contributed by atoms with Gasteiger partial charge in [0.05, 0.1) is 18.8 Å². The van der Waals surface area contributed by atoms with Crippen LogP contribution in [0.3, 0.4) is 0 Å². The van der Waals surface area contributed by atoms with Crippen molar-refractivity contribution in [2.75, 3.05) is 32.8 Å². The van der Waals surface area contributed by atoms with Crippen LogP contribution in [0, 0.1) is 0 Å². The number of nitrogens with zero attached hydrogens (tertiary/aromatic N) is 4. The van der Waals surface area contributed by atoms with Crippen molar-refractivity contribution < 1.29 is 5.11 Å². The lowest BCUT2D eigenvalue weighted by Gasteiger charge is -2.19. The summed E-state index contributed by atoms with van der Waals surface area (Å²) in [7, 11) is 0. The molecule has 6 nitrogen and oxygen atoms in total. The Morgan fingerprint density at radius 3 is 2.89 bits per heavy atom. The molecule has 2 N–H and O–H groups in total. The fourth-order valence-electron chi connectivity index (χ4n) is 1.83. The zero-order valence-electron chi connectivity index (χ0n) is 11.5. The van der Waals surface area contributed by atoms with Crippen LogP contribution in [0.1, 0.15) is 26.0 Å². The van der Waals surface area contributed by atoms with Crippen LogP contribution < -0.4 is 5.32 Å². The number of likely N-dealkylation sites (N-methyl/N-ethyl adjacent to an activating group) is 1. The average molecular weight is 255 g/mol. The third-order valence-electron chi connectivity index (χ3n) is 2.81. The predicted molar refractivity (Wildman–Crippen MR) is 71.2 cm³/mol. The van der Waals surface area contributed by atoms with Crippen molar-refractivity contribution in [3.8, 4) is 0 Å². The molecule has 0 aliphatic carbocycles. The van der Waals surface area contributed by atoms with E-state index in [-0.39, 0.29) is 6.61 Å². The van der Waals surface area contributed by atoms with Crippen LogP contribution in [-0.2, 0) is 13.1 Å². The molecule has 0 radical (unpaired) electrons. The fraction of sp³-hybridized carbons (Fsp3) is 0.833. The van der Waals surface area contributed by atoms with Gasteiger partial charge in [0, 0.05) is 25.8 Å². The van der Waals surface area contributed by atoms with Crippen molar-refractivity contribution in [1.82, 2.24) is 25.2 Å². The van der Waals surface area contributed by atoms with Crippen LogP contribution in [-0.4, -0.2) is 57.8 Å². The Balaban J connectivity index is 2.16. The topological polar surface area (TPSA) is 66.2 Å². The van der Waals surface area contributed by atoms with Crippen molar-refractivity contribution in [3.05, 3.63) is 11.9 Å². The van der Waals surface area contributed by atoms with Crippen LogP contribution >= 0.6 is 0 Å². The summed E-state index contributed by atoms with van der Waals surface area (Å²) >= 11 is 0. The largest absolute Gasteiger partial charge is 0.394 e. The van der Waals surface area contributed by atoms with E-state index in [0.717, 1.165) is 38.4 Å². The number of aliphatic hydroxyl groups is 1. The Bertz CT molecular complexity index is 315. The molecule has 0 bridgehead atoms. The molecule has 0 aliphatic heterocycles. The second-order valence-electron chi connectivity index (χ2n) is 4.31. The van der Waals surface area contributed by atoms with Crippen LogP contribution in [0.2, 0.25) is 0 Å². The van der Waals surface area contributed by atoms with Crippen molar-refractivity contribution in [3.63, 3.8) is 0 Å². The van der Waals surface area contributed by atoms with Gasteiger partial charge in [0.15, 0.2) is 0 Å². The number of hydrogen-bond donors (Lipinski definition) is 2. The highest BCUT2D eigenvalue weighted by Gasteiger charge is 2.02. The van der Waals surface area contributed by atoms with Crippen LogP contribution in [0.15, 0.2) is 6.20 Å². The van der Waals surface area contributed by atoms with Crippen molar-refractivity contribution in [2.24, 2.45) is 0 Å². The first kappa shape index (κ1) is 15.1. The van der Waals surface area contributed by atoms with Gasteiger partial charge in [-0.25, -0.2) is 4.68 Å². The molecule has 0 saturated carbocycles. The SMILES string of the molecule is CCCN(CC)CCNCc1cn(CCO)nn1. The monoisotopic (exact) mass is 255 g/mol. The molecular weight excluding hydrogens is 230 g/mol. The Morgan fingerprint density at radius 2 is 2.22 bits per heavy atom. The third-order valence-corrected chi connectivity index (χ3v) is 2.81. The van der Waals surface area contributed by atoms with E-state index in [0.29, 0.717) is 6.54 Å². The molecule has 0 aliphatic rings. The summed E-state index contributed by atoms with van der Waals surface area (Å²) in [4.78, 5) is 2.43. The van der Waals surface area contributed by atoms with Crippen molar-refractivity contribution in [2.45, 2.75) is 33.4 Å². The molecule has 0 unspecified atom stereocenters. The van der Waals surface area contributed by atoms with Gasteiger partial charge in [0.25, 0.3) is 0 Å². The van der Waals surface area contributed by atoms with Crippen molar-refractivity contribution in [1.29, 1.82) is 0 Å². The minimum atomic E-state index is 0.0959. The molecule has 1 aromatic rings. The lowest BCUT2D eigenvalue weighted by molar-refractivity contribution is 0.268. The van der Waals surface area contributed by atoms with E-state index in [2.05, 4.69) is 34.4 Å². The molecule has 0 saturated heterocycles. The van der Waals surface area contributed by atoms with Gasteiger partial charge in [-0.05, 0) is 19.5 Å². The molecular formula is C12H25N5O. The van der Waals surface area contributed by atoms with Crippen LogP contribution in [0.25, 0.3) is 0 Å². The maximum atomic E-state index is 8.77. The summed E-state index contributed by atoms with van der Waals surface area (Å²) in [5.41, 5.74) is 0.919. The number of nitrogens with one attached hydrogen (secondary N) is 1. The average Bonchev–Trinajstić information content (AvgIpc) is 2.81. The predicted octanol–water partition coefficient (Wildman–Crippen LogP) is 0.0919. The highest BCUT2D eigenvalue weighted by Crippen LogP contribution is 1.93. The first-order chi connectivity index (χ1) is 8.80. The lowest BCUT2D eigenvalue weighted by Crippen LogP contribution is -2.32. The first-order valence-electron chi connectivity index (χ1n) is 6.73. The Hall–Kier alpha value is -0.980. The smallest absolute Gasteiger partial charge is 0.0964 e. The second-order valence-corrected chi connectivity index (χ2v) is 4.31. The first-order valence-corrected chi connectivity index (χ1v) is 6.73.